The molecule has 0 amide bonds. The number of rotatable bonds is 1. The molecule has 1 atom stereocenters. The van der Waals surface area contributed by atoms with Crippen molar-refractivity contribution >= 4 is 17.4 Å². The summed E-state index contributed by atoms with van der Waals surface area (Å²) in [5, 5.41) is 3.30. The summed E-state index contributed by atoms with van der Waals surface area (Å²) in [5.41, 5.74) is 1.80. The molecule has 0 saturated carbocycles. The van der Waals surface area contributed by atoms with Gasteiger partial charge in [-0.15, -0.1) is 0 Å². The smallest absolute Gasteiger partial charge is 0.129 e. The number of para-hydroxylation sites is 1. The first-order valence-corrected chi connectivity index (χ1v) is 5.99. The van der Waals surface area contributed by atoms with Crippen LogP contribution in [-0.2, 0) is 0 Å². The molecule has 0 aromatic heterocycles. The number of hydrogen-bond donors (Lipinski definition) is 1. The highest BCUT2D eigenvalue weighted by Crippen LogP contribution is 2.46. The molecular formula is C13H10FNS. The Morgan fingerprint density at radius 1 is 1.00 bits per heavy atom. The van der Waals surface area contributed by atoms with Gasteiger partial charge in [-0.25, -0.2) is 4.39 Å². The molecule has 2 aromatic rings. The minimum absolute atomic E-state index is 0.0152. The van der Waals surface area contributed by atoms with Crippen LogP contribution in [0.2, 0.25) is 0 Å². The molecule has 3 rings (SSSR count). The first-order chi connectivity index (χ1) is 7.84. The van der Waals surface area contributed by atoms with E-state index in [1.54, 1.807) is 17.8 Å². The highest BCUT2D eigenvalue weighted by atomic mass is 32.2. The fraction of sp³-hybridized carbons (Fsp3) is 0.0769. The summed E-state index contributed by atoms with van der Waals surface area (Å²) in [5.74, 6) is -0.152. The summed E-state index contributed by atoms with van der Waals surface area (Å²) in [6.07, 6.45) is 0. The van der Waals surface area contributed by atoms with Crippen molar-refractivity contribution in [2.45, 2.75) is 10.3 Å². The van der Waals surface area contributed by atoms with Crippen molar-refractivity contribution in [3.63, 3.8) is 0 Å². The third kappa shape index (κ3) is 1.57. The zero-order valence-electron chi connectivity index (χ0n) is 8.48. The van der Waals surface area contributed by atoms with Gasteiger partial charge in [-0.1, -0.05) is 42.1 Å². The summed E-state index contributed by atoms with van der Waals surface area (Å²) >= 11 is 1.65. The van der Waals surface area contributed by atoms with Crippen molar-refractivity contribution < 1.29 is 4.39 Å². The Kier molecular flexibility index (Phi) is 2.33. The van der Waals surface area contributed by atoms with Gasteiger partial charge in [0, 0.05) is 16.1 Å². The Bertz CT molecular complexity index is 502. The van der Waals surface area contributed by atoms with Crippen molar-refractivity contribution in [3.8, 4) is 0 Å². The van der Waals surface area contributed by atoms with Gasteiger partial charge in [0.15, 0.2) is 0 Å². The third-order valence-electron chi connectivity index (χ3n) is 2.61. The minimum Gasteiger partial charge on any atom is -0.368 e. The number of anilines is 1. The fourth-order valence-corrected chi connectivity index (χ4v) is 2.98. The van der Waals surface area contributed by atoms with Crippen molar-refractivity contribution in [2.24, 2.45) is 0 Å². The Balaban J connectivity index is 1.95. The van der Waals surface area contributed by atoms with Gasteiger partial charge in [-0.05, 0) is 18.2 Å². The van der Waals surface area contributed by atoms with Gasteiger partial charge in [0.25, 0.3) is 0 Å². The molecule has 1 heterocycles. The summed E-state index contributed by atoms with van der Waals surface area (Å²) in [6.45, 7) is 0. The van der Waals surface area contributed by atoms with Crippen LogP contribution in [0.1, 0.15) is 10.9 Å². The molecule has 0 fully saturated rings. The summed E-state index contributed by atoms with van der Waals surface area (Å²) in [7, 11) is 0. The molecule has 1 N–H and O–H groups in total. The Morgan fingerprint density at radius 3 is 2.56 bits per heavy atom. The lowest BCUT2D eigenvalue weighted by atomic mass is 10.2. The molecule has 0 radical (unpaired) electrons. The van der Waals surface area contributed by atoms with Crippen molar-refractivity contribution in [2.75, 3.05) is 5.32 Å². The molecule has 0 saturated heterocycles. The van der Waals surface area contributed by atoms with E-state index in [1.807, 2.05) is 36.4 Å². The molecule has 0 aliphatic carbocycles. The normalized spacial score (nSPS) is 17.9. The molecule has 2 aromatic carbocycles. The lowest BCUT2D eigenvalue weighted by Gasteiger charge is -2.11. The van der Waals surface area contributed by atoms with Crippen LogP contribution in [0.15, 0.2) is 53.4 Å². The van der Waals surface area contributed by atoms with Crippen LogP contribution in [0, 0.1) is 5.82 Å². The highest BCUT2D eigenvalue weighted by Gasteiger charge is 2.24. The largest absolute Gasteiger partial charge is 0.368 e. The molecule has 0 spiro atoms. The van der Waals surface area contributed by atoms with E-state index in [9.17, 15) is 4.39 Å². The predicted octanol–water partition coefficient (Wildman–Crippen LogP) is 4.04. The molecular weight excluding hydrogens is 221 g/mol. The van der Waals surface area contributed by atoms with E-state index in [0.29, 0.717) is 5.56 Å². The maximum atomic E-state index is 13.6. The number of nitrogens with one attached hydrogen (secondary N) is 1. The summed E-state index contributed by atoms with van der Waals surface area (Å²) < 4.78 is 13.6. The van der Waals surface area contributed by atoms with Crippen LogP contribution >= 0.6 is 11.8 Å². The fourth-order valence-electron chi connectivity index (χ4n) is 1.82. The second-order valence-corrected chi connectivity index (χ2v) is 4.81. The molecule has 0 bridgehead atoms. The topological polar surface area (TPSA) is 12.0 Å². The van der Waals surface area contributed by atoms with Gasteiger partial charge in [0.05, 0.1) is 0 Å². The second kappa shape index (κ2) is 3.83. The van der Waals surface area contributed by atoms with Gasteiger partial charge in [-0.3, -0.25) is 0 Å². The van der Waals surface area contributed by atoms with Crippen LogP contribution in [0.4, 0.5) is 10.1 Å². The summed E-state index contributed by atoms with van der Waals surface area (Å²) in [4.78, 5) is 1.18. The van der Waals surface area contributed by atoms with E-state index in [2.05, 4.69) is 5.32 Å². The van der Waals surface area contributed by atoms with Crippen molar-refractivity contribution in [1.29, 1.82) is 0 Å². The highest BCUT2D eigenvalue weighted by molar-refractivity contribution is 8.00. The first kappa shape index (κ1) is 9.73. The number of fused-ring (bicyclic) bond motifs is 1. The van der Waals surface area contributed by atoms with Crippen LogP contribution in [0.5, 0.6) is 0 Å². The number of halogens is 1. The van der Waals surface area contributed by atoms with Crippen LogP contribution in [0.25, 0.3) is 0 Å². The zero-order valence-corrected chi connectivity index (χ0v) is 9.30. The van der Waals surface area contributed by atoms with E-state index in [1.165, 1.54) is 11.0 Å². The average molecular weight is 231 g/mol. The van der Waals surface area contributed by atoms with Gasteiger partial charge in [-0.2, -0.15) is 0 Å². The Hall–Kier alpha value is -1.48. The lowest BCUT2D eigenvalue weighted by Crippen LogP contribution is -2.03. The number of hydrogen-bond acceptors (Lipinski definition) is 2. The molecule has 1 unspecified atom stereocenters. The van der Waals surface area contributed by atoms with E-state index >= 15 is 0 Å². The quantitative estimate of drug-likeness (QED) is 0.794. The standard InChI is InChI=1S/C13H10FNS/c14-10-6-2-1-5-9(10)13-15-11-7-3-4-8-12(11)16-13/h1-8,13,15H. The Morgan fingerprint density at radius 2 is 1.75 bits per heavy atom. The number of benzene rings is 2. The first-order valence-electron chi connectivity index (χ1n) is 5.11. The molecule has 80 valence electrons. The van der Waals surface area contributed by atoms with Gasteiger partial charge in [0.1, 0.15) is 11.2 Å². The maximum absolute atomic E-state index is 13.6. The van der Waals surface area contributed by atoms with E-state index < -0.39 is 0 Å². The summed E-state index contributed by atoms with van der Waals surface area (Å²) in [6, 6.07) is 15.0. The Labute approximate surface area is 97.7 Å². The number of thioether (sulfide) groups is 1. The van der Waals surface area contributed by atoms with Gasteiger partial charge < -0.3 is 5.32 Å². The minimum atomic E-state index is -0.152. The zero-order chi connectivity index (χ0) is 11.0. The average Bonchev–Trinajstić information content (AvgIpc) is 2.73. The molecule has 3 heteroatoms. The molecule has 1 nitrogen and oxygen atoms in total. The van der Waals surface area contributed by atoms with Gasteiger partial charge in [0.2, 0.25) is 0 Å². The van der Waals surface area contributed by atoms with Gasteiger partial charge >= 0.3 is 0 Å². The predicted molar refractivity (Wildman–Crippen MR) is 65.1 cm³/mol. The van der Waals surface area contributed by atoms with Crippen molar-refractivity contribution in [3.05, 3.63) is 59.9 Å². The van der Waals surface area contributed by atoms with Crippen molar-refractivity contribution in [1.82, 2.24) is 0 Å². The molecule has 1 aliphatic rings. The molecule has 16 heavy (non-hydrogen) atoms. The SMILES string of the molecule is Fc1ccccc1C1Nc2ccccc2S1. The molecule has 1 aliphatic heterocycles. The van der Waals surface area contributed by atoms with Crippen LogP contribution in [0.3, 0.4) is 0 Å². The maximum Gasteiger partial charge on any atom is 0.129 e. The third-order valence-corrected chi connectivity index (χ3v) is 3.82. The van der Waals surface area contributed by atoms with E-state index in [4.69, 9.17) is 0 Å². The second-order valence-electron chi connectivity index (χ2n) is 3.66. The monoisotopic (exact) mass is 231 g/mol. The van der Waals surface area contributed by atoms with E-state index in [-0.39, 0.29) is 11.2 Å². The van der Waals surface area contributed by atoms with Crippen LogP contribution < -0.4 is 5.32 Å². The van der Waals surface area contributed by atoms with E-state index in [0.717, 1.165) is 5.69 Å². The van der Waals surface area contributed by atoms with Crippen LogP contribution in [-0.4, -0.2) is 0 Å². The lowest BCUT2D eigenvalue weighted by molar-refractivity contribution is 0.612.